The molecule has 7 nitrogen and oxygen atoms in total. The summed E-state index contributed by atoms with van der Waals surface area (Å²) < 4.78 is 11.0. The molecule has 0 saturated carbocycles. The highest BCUT2D eigenvalue weighted by Gasteiger charge is 2.41. The number of fused-ring (bicyclic) bond motifs is 1. The third kappa shape index (κ3) is 2.85. The van der Waals surface area contributed by atoms with Crippen molar-refractivity contribution in [3.8, 4) is 5.88 Å². The zero-order chi connectivity index (χ0) is 15.5. The van der Waals surface area contributed by atoms with Gasteiger partial charge in [-0.15, -0.1) is 0 Å². The van der Waals surface area contributed by atoms with Gasteiger partial charge in [0.1, 0.15) is 12.1 Å². The van der Waals surface area contributed by atoms with E-state index < -0.39 is 0 Å². The number of nitrogens with one attached hydrogen (secondary N) is 1. The Balaban J connectivity index is 1.78. The topological polar surface area (TPSA) is 76.6 Å². The van der Waals surface area contributed by atoms with E-state index in [0.717, 1.165) is 31.7 Å². The fourth-order valence-electron chi connectivity index (χ4n) is 3.45. The van der Waals surface area contributed by atoms with Crippen molar-refractivity contribution >= 4 is 11.7 Å². The second-order valence-electron chi connectivity index (χ2n) is 5.74. The molecular weight excluding hydrogens is 284 g/mol. The average Bonchev–Trinajstić information content (AvgIpc) is 2.60. The first kappa shape index (κ1) is 15.0. The number of nitrogens with zero attached hydrogens (tertiary/aromatic N) is 3. The van der Waals surface area contributed by atoms with Crippen LogP contribution >= 0.6 is 0 Å². The summed E-state index contributed by atoms with van der Waals surface area (Å²) in [5, 5.41) is 2.78. The predicted molar refractivity (Wildman–Crippen MR) is 80.8 cm³/mol. The molecule has 2 saturated heterocycles. The van der Waals surface area contributed by atoms with Gasteiger partial charge in [0, 0.05) is 44.6 Å². The number of hydrogen-bond donors (Lipinski definition) is 1. The van der Waals surface area contributed by atoms with E-state index in [1.165, 1.54) is 6.33 Å². The number of rotatable bonds is 3. The van der Waals surface area contributed by atoms with Crippen molar-refractivity contribution in [3.63, 3.8) is 0 Å². The van der Waals surface area contributed by atoms with Crippen LogP contribution in [0.15, 0.2) is 12.4 Å². The number of carbonyl (C=O) groups excluding carboxylic acids is 1. The highest BCUT2D eigenvalue weighted by molar-refractivity contribution is 5.79. The maximum atomic E-state index is 12.1. The van der Waals surface area contributed by atoms with Crippen LogP contribution in [0.1, 0.15) is 12.8 Å². The summed E-state index contributed by atoms with van der Waals surface area (Å²) in [5.41, 5.74) is 0. The Morgan fingerprint density at radius 2 is 2.32 bits per heavy atom. The number of amides is 1. The van der Waals surface area contributed by atoms with Gasteiger partial charge in [0.25, 0.3) is 0 Å². The van der Waals surface area contributed by atoms with E-state index in [9.17, 15) is 4.79 Å². The maximum absolute atomic E-state index is 12.1. The Kier molecular flexibility index (Phi) is 4.42. The molecule has 2 aliphatic rings. The third-order valence-electron chi connectivity index (χ3n) is 4.61. The SMILES string of the molecule is CNC(=O)[C@H]1CCO[C@H]2CCN(c3cc(OC)ncn3)C[C@H]21. The average molecular weight is 306 g/mol. The lowest BCUT2D eigenvalue weighted by atomic mass is 9.79. The summed E-state index contributed by atoms with van der Waals surface area (Å²) in [7, 11) is 3.29. The van der Waals surface area contributed by atoms with Crippen LogP contribution in [0.3, 0.4) is 0 Å². The molecule has 3 heterocycles. The molecule has 7 heteroatoms. The van der Waals surface area contributed by atoms with E-state index >= 15 is 0 Å². The lowest BCUT2D eigenvalue weighted by Gasteiger charge is -2.44. The molecule has 0 aromatic carbocycles. The van der Waals surface area contributed by atoms with Crippen molar-refractivity contribution in [2.24, 2.45) is 11.8 Å². The van der Waals surface area contributed by atoms with Gasteiger partial charge in [-0.3, -0.25) is 4.79 Å². The number of hydrogen-bond acceptors (Lipinski definition) is 6. The van der Waals surface area contributed by atoms with Gasteiger partial charge in [-0.1, -0.05) is 0 Å². The van der Waals surface area contributed by atoms with E-state index in [1.807, 2.05) is 6.07 Å². The second kappa shape index (κ2) is 6.48. The number of methoxy groups -OCH3 is 1. The normalized spacial score (nSPS) is 27.9. The Morgan fingerprint density at radius 1 is 1.45 bits per heavy atom. The van der Waals surface area contributed by atoms with Crippen LogP contribution in [-0.2, 0) is 9.53 Å². The largest absolute Gasteiger partial charge is 0.481 e. The van der Waals surface area contributed by atoms with E-state index in [2.05, 4.69) is 20.2 Å². The number of aromatic nitrogens is 2. The Labute approximate surface area is 130 Å². The highest BCUT2D eigenvalue weighted by Crippen LogP contribution is 2.34. The van der Waals surface area contributed by atoms with Gasteiger partial charge in [0.2, 0.25) is 11.8 Å². The zero-order valence-corrected chi connectivity index (χ0v) is 13.0. The van der Waals surface area contributed by atoms with Gasteiger partial charge in [-0.2, -0.15) is 0 Å². The fraction of sp³-hybridized carbons (Fsp3) is 0.667. The minimum Gasteiger partial charge on any atom is -0.481 e. The first-order chi connectivity index (χ1) is 10.7. The molecule has 2 aliphatic heterocycles. The molecule has 0 bridgehead atoms. The molecule has 0 radical (unpaired) electrons. The fourth-order valence-corrected chi connectivity index (χ4v) is 3.45. The van der Waals surface area contributed by atoms with Crippen LogP contribution in [0, 0.1) is 11.8 Å². The van der Waals surface area contributed by atoms with Crippen molar-refractivity contribution in [2.45, 2.75) is 18.9 Å². The minimum atomic E-state index is 0.00952. The van der Waals surface area contributed by atoms with E-state index in [4.69, 9.17) is 9.47 Å². The van der Waals surface area contributed by atoms with Crippen LogP contribution in [0.25, 0.3) is 0 Å². The van der Waals surface area contributed by atoms with Crippen molar-refractivity contribution in [1.29, 1.82) is 0 Å². The molecule has 0 unspecified atom stereocenters. The summed E-state index contributed by atoms with van der Waals surface area (Å²) in [4.78, 5) is 22.7. The summed E-state index contributed by atoms with van der Waals surface area (Å²) in [6.45, 7) is 2.30. The Bertz CT molecular complexity index is 539. The van der Waals surface area contributed by atoms with E-state index in [0.29, 0.717) is 12.5 Å². The molecule has 3 rings (SSSR count). The van der Waals surface area contributed by atoms with Crippen LogP contribution in [0.4, 0.5) is 5.82 Å². The molecule has 1 aromatic rings. The molecule has 0 aliphatic carbocycles. The van der Waals surface area contributed by atoms with Gasteiger partial charge >= 0.3 is 0 Å². The Hall–Kier alpha value is -1.89. The van der Waals surface area contributed by atoms with Gasteiger partial charge in [0.05, 0.1) is 13.2 Å². The number of ether oxygens (including phenoxy) is 2. The third-order valence-corrected chi connectivity index (χ3v) is 4.61. The molecular formula is C15H22N4O3. The van der Waals surface area contributed by atoms with Gasteiger partial charge in [-0.25, -0.2) is 9.97 Å². The van der Waals surface area contributed by atoms with Crippen LogP contribution in [0.2, 0.25) is 0 Å². The van der Waals surface area contributed by atoms with Gasteiger partial charge < -0.3 is 19.7 Å². The first-order valence-electron chi connectivity index (χ1n) is 7.67. The van der Waals surface area contributed by atoms with Crippen molar-refractivity contribution in [2.75, 3.05) is 38.8 Å². The van der Waals surface area contributed by atoms with Gasteiger partial charge in [0.15, 0.2) is 0 Å². The van der Waals surface area contributed by atoms with Crippen LogP contribution in [0.5, 0.6) is 5.88 Å². The van der Waals surface area contributed by atoms with Crippen molar-refractivity contribution in [1.82, 2.24) is 15.3 Å². The molecule has 2 fully saturated rings. The summed E-state index contributed by atoms with van der Waals surface area (Å²) in [5.74, 6) is 1.71. The summed E-state index contributed by atoms with van der Waals surface area (Å²) in [6, 6.07) is 1.83. The zero-order valence-electron chi connectivity index (χ0n) is 13.0. The molecule has 22 heavy (non-hydrogen) atoms. The van der Waals surface area contributed by atoms with Gasteiger partial charge in [-0.05, 0) is 12.8 Å². The number of piperidine rings is 1. The molecule has 120 valence electrons. The molecule has 1 aromatic heterocycles. The lowest BCUT2D eigenvalue weighted by molar-refractivity contribution is -0.136. The van der Waals surface area contributed by atoms with Crippen molar-refractivity contribution < 1.29 is 14.3 Å². The molecule has 0 spiro atoms. The van der Waals surface area contributed by atoms with E-state index in [1.54, 1.807) is 14.2 Å². The Morgan fingerprint density at radius 3 is 3.09 bits per heavy atom. The number of carbonyl (C=O) groups is 1. The molecule has 1 amide bonds. The second-order valence-corrected chi connectivity index (χ2v) is 5.74. The van der Waals surface area contributed by atoms with Crippen LogP contribution in [-0.4, -0.2) is 55.8 Å². The smallest absolute Gasteiger partial charge is 0.223 e. The summed E-state index contributed by atoms with van der Waals surface area (Å²) >= 11 is 0. The predicted octanol–water partition coefficient (Wildman–Crippen LogP) is 0.463. The van der Waals surface area contributed by atoms with E-state index in [-0.39, 0.29) is 23.8 Å². The minimum absolute atomic E-state index is 0.00952. The molecule has 3 atom stereocenters. The monoisotopic (exact) mass is 306 g/mol. The highest BCUT2D eigenvalue weighted by atomic mass is 16.5. The summed E-state index contributed by atoms with van der Waals surface area (Å²) in [6.07, 6.45) is 3.36. The quantitative estimate of drug-likeness (QED) is 0.874. The lowest BCUT2D eigenvalue weighted by Crippen LogP contribution is -2.53. The van der Waals surface area contributed by atoms with Crippen LogP contribution < -0.4 is 15.0 Å². The maximum Gasteiger partial charge on any atom is 0.223 e. The standard InChI is InChI=1S/C15H22N4O3/c1-16-15(20)10-4-6-22-12-3-5-19(8-11(10)12)13-7-14(21-2)18-9-17-13/h7,9-12H,3-6,8H2,1-2H3,(H,16,20)/t10-,11-,12-/m0/s1. The first-order valence-corrected chi connectivity index (χ1v) is 7.67. The molecule has 1 N–H and O–H groups in total. The number of anilines is 1. The van der Waals surface area contributed by atoms with Crippen molar-refractivity contribution in [3.05, 3.63) is 12.4 Å².